The van der Waals surface area contributed by atoms with E-state index >= 15 is 0 Å². The van der Waals surface area contributed by atoms with E-state index < -0.39 is 6.35 Å². The second kappa shape index (κ2) is 11.7. The van der Waals surface area contributed by atoms with Crippen LogP contribution in [0.4, 0.5) is 5.82 Å². The summed E-state index contributed by atoms with van der Waals surface area (Å²) in [5.74, 6) is 1.16. The standard InChI is InChI=1S/C28H36Cl2N8O2/c1-2-38-28(31)40-26(34-38)21-17-32-25(24(30)33-21)37-16-15-36(22-5-3-4-6-23(22)37)20-11-13-35(14-12-20)27(39)18-7-9-19(29)10-8-18/h7-10,17,20,22-23,28H,2-6,11-16,31H2,1H3/t22-,23+,28?/m0/s1. The molecule has 214 valence electrons. The molecule has 6 rings (SSSR count). The van der Waals surface area contributed by atoms with Crippen molar-refractivity contribution in [3.8, 4) is 0 Å². The molecule has 1 aromatic carbocycles. The maximum absolute atomic E-state index is 13.0. The minimum absolute atomic E-state index is 0.0884. The Morgan fingerprint density at radius 3 is 2.42 bits per heavy atom. The Kier molecular flexibility index (Phi) is 8.03. The number of amides is 1. The van der Waals surface area contributed by atoms with Crippen molar-refractivity contribution in [1.29, 1.82) is 0 Å². The molecule has 1 aromatic heterocycles. The molecule has 1 unspecified atom stereocenters. The van der Waals surface area contributed by atoms with Crippen molar-refractivity contribution in [2.24, 2.45) is 10.8 Å². The summed E-state index contributed by atoms with van der Waals surface area (Å²) in [5.41, 5.74) is 7.16. The number of hydrogen-bond acceptors (Lipinski definition) is 9. The van der Waals surface area contributed by atoms with E-state index in [9.17, 15) is 4.79 Å². The molecule has 1 saturated carbocycles. The first-order valence-corrected chi connectivity index (χ1v) is 15.1. The molecule has 0 radical (unpaired) electrons. The molecule has 12 heteroatoms. The van der Waals surface area contributed by atoms with Gasteiger partial charge < -0.3 is 14.5 Å². The normalized spacial score (nSPS) is 25.9. The molecule has 3 atom stereocenters. The zero-order valence-electron chi connectivity index (χ0n) is 22.8. The second-order valence-corrected chi connectivity index (χ2v) is 11.7. The topological polar surface area (TPSA) is 103 Å². The van der Waals surface area contributed by atoms with Crippen LogP contribution in [0.3, 0.4) is 0 Å². The van der Waals surface area contributed by atoms with Gasteiger partial charge in [-0.25, -0.2) is 15.0 Å². The summed E-state index contributed by atoms with van der Waals surface area (Å²) < 4.78 is 5.65. The van der Waals surface area contributed by atoms with Crippen LogP contribution in [0.1, 0.15) is 61.5 Å². The van der Waals surface area contributed by atoms with Crippen molar-refractivity contribution < 1.29 is 9.53 Å². The number of carbonyl (C=O) groups is 1. The molecule has 1 aliphatic carbocycles. The highest BCUT2D eigenvalue weighted by atomic mass is 35.5. The summed E-state index contributed by atoms with van der Waals surface area (Å²) >= 11 is 12.7. The van der Waals surface area contributed by atoms with Gasteiger partial charge in [-0.2, -0.15) is 0 Å². The van der Waals surface area contributed by atoms with E-state index in [0.717, 1.165) is 57.7 Å². The Labute approximate surface area is 245 Å². The van der Waals surface area contributed by atoms with Crippen molar-refractivity contribution in [2.45, 2.75) is 69.9 Å². The number of aromatic nitrogens is 2. The third-order valence-corrected chi connectivity index (χ3v) is 9.21. The first-order valence-electron chi connectivity index (χ1n) is 14.3. The molecule has 10 nitrogen and oxygen atoms in total. The van der Waals surface area contributed by atoms with E-state index in [1.165, 1.54) is 12.8 Å². The smallest absolute Gasteiger partial charge is 0.261 e. The van der Waals surface area contributed by atoms with Gasteiger partial charge in [0, 0.05) is 61.4 Å². The first-order chi connectivity index (χ1) is 19.4. The Morgan fingerprint density at radius 1 is 1.02 bits per heavy atom. The Bertz CT molecular complexity index is 1250. The zero-order valence-corrected chi connectivity index (χ0v) is 24.3. The van der Waals surface area contributed by atoms with E-state index in [-0.39, 0.29) is 5.91 Å². The molecule has 0 bridgehead atoms. The maximum Gasteiger partial charge on any atom is 0.261 e. The summed E-state index contributed by atoms with van der Waals surface area (Å²) in [4.78, 5) is 29.4. The summed E-state index contributed by atoms with van der Waals surface area (Å²) in [6.07, 6.45) is 7.70. The van der Waals surface area contributed by atoms with E-state index in [2.05, 4.69) is 19.9 Å². The number of benzene rings is 1. The number of piperidine rings is 1. The number of hydrazone groups is 1. The third-order valence-electron chi connectivity index (χ3n) is 8.70. The van der Waals surface area contributed by atoms with Crippen molar-refractivity contribution >= 4 is 40.8 Å². The van der Waals surface area contributed by atoms with Crippen LogP contribution < -0.4 is 10.6 Å². The molecule has 2 N–H and O–H groups in total. The van der Waals surface area contributed by atoms with Gasteiger partial charge >= 0.3 is 0 Å². The van der Waals surface area contributed by atoms with Gasteiger partial charge in [-0.3, -0.25) is 15.4 Å². The molecule has 4 aliphatic rings. The van der Waals surface area contributed by atoms with Crippen molar-refractivity contribution in [1.82, 2.24) is 24.8 Å². The second-order valence-electron chi connectivity index (χ2n) is 10.9. The van der Waals surface area contributed by atoms with Crippen LogP contribution in [0.25, 0.3) is 0 Å². The van der Waals surface area contributed by atoms with Gasteiger partial charge in [0.25, 0.3) is 11.8 Å². The number of hydrogen-bond donors (Lipinski definition) is 1. The Balaban J connectivity index is 1.13. The molecule has 1 amide bonds. The number of ether oxygens (including phenoxy) is 1. The lowest BCUT2D eigenvalue weighted by molar-refractivity contribution is 0.0290. The number of halogens is 2. The van der Waals surface area contributed by atoms with Crippen LogP contribution in [0.5, 0.6) is 0 Å². The van der Waals surface area contributed by atoms with Crippen LogP contribution >= 0.6 is 23.2 Å². The average molecular weight is 588 g/mol. The Morgan fingerprint density at radius 2 is 1.75 bits per heavy atom. The van der Waals surface area contributed by atoms with Crippen LogP contribution in [0, 0.1) is 0 Å². The van der Waals surface area contributed by atoms with Gasteiger partial charge in [0.2, 0.25) is 6.35 Å². The van der Waals surface area contributed by atoms with Gasteiger partial charge in [-0.15, -0.1) is 5.10 Å². The number of carbonyl (C=O) groups excluding carboxylic acids is 1. The molecule has 0 spiro atoms. The minimum Gasteiger partial charge on any atom is -0.436 e. The largest absolute Gasteiger partial charge is 0.436 e. The number of nitrogens with two attached hydrogens (primary N) is 1. The van der Waals surface area contributed by atoms with Crippen LogP contribution in [0.2, 0.25) is 10.2 Å². The fraction of sp³-hybridized carbons (Fsp3) is 0.571. The van der Waals surface area contributed by atoms with Crippen molar-refractivity contribution in [3.63, 3.8) is 0 Å². The van der Waals surface area contributed by atoms with Gasteiger partial charge in [-0.1, -0.05) is 36.0 Å². The number of rotatable bonds is 5. The fourth-order valence-electron chi connectivity index (χ4n) is 6.68. The summed E-state index contributed by atoms with van der Waals surface area (Å²) in [5, 5.41) is 7.06. The minimum atomic E-state index is -0.626. The SMILES string of the molecule is CCN1N=C(c2cnc(N3CCN(C4CCN(C(=O)c5ccc(Cl)cc5)CC4)[C@H]4CCCC[C@H]43)c(Cl)n2)OC1N. The predicted octanol–water partition coefficient (Wildman–Crippen LogP) is 3.78. The fourth-order valence-corrected chi connectivity index (χ4v) is 7.05. The van der Waals surface area contributed by atoms with Crippen molar-refractivity contribution in [2.75, 3.05) is 37.6 Å². The lowest BCUT2D eigenvalue weighted by Gasteiger charge is -2.53. The highest BCUT2D eigenvalue weighted by molar-refractivity contribution is 6.32. The van der Waals surface area contributed by atoms with E-state index in [4.69, 9.17) is 38.7 Å². The van der Waals surface area contributed by atoms with E-state index in [0.29, 0.717) is 52.0 Å². The van der Waals surface area contributed by atoms with Crippen molar-refractivity contribution in [3.05, 3.63) is 51.9 Å². The number of nitrogens with zero attached hydrogens (tertiary/aromatic N) is 7. The number of piperazine rings is 1. The number of fused-ring (bicyclic) bond motifs is 1. The van der Waals surface area contributed by atoms with Crippen LogP contribution in [-0.4, -0.2) is 93.8 Å². The zero-order chi connectivity index (χ0) is 27.8. The highest BCUT2D eigenvalue weighted by Gasteiger charge is 2.43. The lowest BCUT2D eigenvalue weighted by atomic mass is 9.84. The molecular weight excluding hydrogens is 551 g/mol. The van der Waals surface area contributed by atoms with Gasteiger partial charge in [0.15, 0.2) is 11.0 Å². The monoisotopic (exact) mass is 586 g/mol. The molecule has 3 fully saturated rings. The van der Waals surface area contributed by atoms with Crippen LogP contribution in [-0.2, 0) is 4.74 Å². The molecular formula is C28H36Cl2N8O2. The number of likely N-dealkylation sites (tertiary alicyclic amines) is 1. The van der Waals surface area contributed by atoms with E-state index in [1.54, 1.807) is 23.3 Å². The van der Waals surface area contributed by atoms with Gasteiger partial charge in [0.05, 0.1) is 6.20 Å². The number of anilines is 1. The summed E-state index contributed by atoms with van der Waals surface area (Å²) in [6, 6.07) is 8.41. The third kappa shape index (κ3) is 5.34. The van der Waals surface area contributed by atoms with Crippen LogP contribution in [0.15, 0.2) is 35.6 Å². The van der Waals surface area contributed by atoms with Gasteiger partial charge in [0.1, 0.15) is 5.69 Å². The molecule has 4 heterocycles. The predicted molar refractivity (Wildman–Crippen MR) is 155 cm³/mol. The maximum atomic E-state index is 13.0. The molecule has 2 aromatic rings. The van der Waals surface area contributed by atoms with Gasteiger partial charge in [-0.05, 0) is 56.9 Å². The molecule has 2 saturated heterocycles. The molecule has 40 heavy (non-hydrogen) atoms. The summed E-state index contributed by atoms with van der Waals surface area (Å²) in [7, 11) is 0. The first kappa shape index (κ1) is 27.5. The van der Waals surface area contributed by atoms with E-state index in [1.807, 2.05) is 24.0 Å². The highest BCUT2D eigenvalue weighted by Crippen LogP contribution is 2.37. The lowest BCUT2D eigenvalue weighted by Crippen LogP contribution is -2.64. The quantitative estimate of drug-likeness (QED) is 0.564. The summed E-state index contributed by atoms with van der Waals surface area (Å²) in [6.45, 7) is 5.91. The Hall–Kier alpha value is -2.66. The average Bonchev–Trinajstić information content (AvgIpc) is 3.37. The molecule has 3 aliphatic heterocycles.